The van der Waals surface area contributed by atoms with E-state index in [1.54, 1.807) is 24.3 Å². The molecule has 18 nitrogen and oxygen atoms in total. The van der Waals surface area contributed by atoms with Crippen molar-refractivity contribution in [3.05, 3.63) is 199 Å². The first-order chi connectivity index (χ1) is 45.3. The molecule has 0 radical (unpaired) electrons. The van der Waals surface area contributed by atoms with Crippen LogP contribution in [0.25, 0.3) is 0 Å². The maximum atomic E-state index is 10.7. The molecule has 6 aromatic rings. The Morgan fingerprint density at radius 1 is 0.469 bits per heavy atom. The van der Waals surface area contributed by atoms with Crippen LogP contribution in [0.15, 0.2) is 133 Å². The first-order valence-corrected chi connectivity index (χ1v) is 32.1. The van der Waals surface area contributed by atoms with Gasteiger partial charge >= 0.3 is 12.4 Å². The third-order valence-corrected chi connectivity index (χ3v) is 19.2. The predicted molar refractivity (Wildman–Crippen MR) is 335 cm³/mol. The van der Waals surface area contributed by atoms with Crippen LogP contribution in [0.3, 0.4) is 0 Å². The fraction of sp³-hybridized carbons (Fsp3) is 0.457. The van der Waals surface area contributed by atoms with Crippen molar-refractivity contribution >= 4 is 35.1 Å². The number of carbonyl (C=O) groups excluding carboxylic acids is 2. The van der Waals surface area contributed by atoms with Crippen LogP contribution >= 0.6 is 23.2 Å². The van der Waals surface area contributed by atoms with Crippen molar-refractivity contribution < 1.29 is 115 Å². The zero-order valence-electron chi connectivity index (χ0n) is 52.7. The van der Waals surface area contributed by atoms with E-state index in [9.17, 15) is 67.2 Å². The number of nitrogens with zero attached hydrogens (tertiary/aromatic N) is 2. The van der Waals surface area contributed by atoms with E-state index in [1.807, 2.05) is 60.7 Å². The number of carboxylic acids is 2. The summed E-state index contributed by atoms with van der Waals surface area (Å²) in [6.07, 6.45) is -16.5. The lowest BCUT2D eigenvalue weighted by atomic mass is 9.77. The summed E-state index contributed by atoms with van der Waals surface area (Å²) < 4.78 is 89.2. The molecule has 4 fully saturated rings. The highest BCUT2D eigenvalue weighted by Crippen LogP contribution is 2.39. The molecule has 6 aromatic carbocycles. The van der Waals surface area contributed by atoms with Crippen molar-refractivity contribution in [1.29, 1.82) is 0 Å². The topological polar surface area (TPSA) is 279 Å². The maximum absolute atomic E-state index is 10.7. The molecule has 10 atom stereocenters. The lowest BCUT2D eigenvalue weighted by molar-refractivity contribution is -0.931. The maximum Gasteiger partial charge on any atom is 0.430 e. The van der Waals surface area contributed by atoms with E-state index in [2.05, 4.69) is 62.6 Å². The Morgan fingerprint density at radius 2 is 0.760 bits per heavy atom. The van der Waals surface area contributed by atoms with Gasteiger partial charge in [-0.15, -0.1) is 0 Å². The molecule has 8 N–H and O–H groups in total. The molecule has 0 unspecified atom stereocenters. The lowest BCUT2D eigenvalue weighted by Crippen LogP contribution is -2.55. The number of likely N-dealkylation sites (tertiary alicyclic amines) is 2. The number of aliphatic hydroxyl groups excluding tert-OH is 8. The molecule has 4 heterocycles. The minimum atomic E-state index is -5.19. The first-order valence-electron chi connectivity index (χ1n) is 31.3. The smallest absolute Gasteiger partial charge is 0.430 e. The molecule has 4 aliphatic heterocycles. The average molecular weight is 1390 g/mol. The number of piperidine rings is 2. The van der Waals surface area contributed by atoms with Crippen molar-refractivity contribution in [2.24, 2.45) is 11.8 Å². The van der Waals surface area contributed by atoms with Gasteiger partial charge in [-0.3, -0.25) is 0 Å². The number of alkyl halides is 6. The molecule has 0 bridgehead atoms. The quantitative estimate of drug-likeness (QED) is 0.0323. The number of quaternary nitrogens is 2. The number of halogens is 8. The minimum absolute atomic E-state index is 0.460. The van der Waals surface area contributed by atoms with Gasteiger partial charge in [-0.1, -0.05) is 120 Å². The second-order valence-corrected chi connectivity index (χ2v) is 26.6. The number of carboxylic acid groups (broad SMARTS) is 2. The number of ether oxygens (including phenoxy) is 4. The molecule has 96 heavy (non-hydrogen) atoms. The number of hydrogen-bond donors (Lipinski definition) is 8. The fourth-order valence-corrected chi connectivity index (χ4v) is 13.2. The number of aliphatic carboxylic acids is 2. The molecular formula is C70H80Cl2F6N2O16. The molecule has 0 aromatic heterocycles. The van der Waals surface area contributed by atoms with Crippen molar-refractivity contribution in [3.63, 3.8) is 0 Å². The standard InChI is InChI=1S/C66H80Cl2N2O12.2C2HF3O2/c1-69(35-43-3-7-45(8-4-43)39-79-53-17-11-41(12-18-53)31-51-33-49(15-21-55(51)67)65-63(77)61(75)59(73)57(37-71)81-65)27-23-47(24-28-69)48-25-29-70(2,30-26-48)36-44-5-9-46(10-6-44)40-80-54-19-13-42(14-20-54)32-52-34-50(16-22-56(52)68)66-64(78)62(76)60(74)58(38-72)82-66;2*3-2(4,5)1(6)7/h3-22,33-34,47-48,57-66,71-78H,23-32,35-40H2,1-2H3;2*(H,6,7)/q+2;;/p-2/t47?,48?,57-,58-,59-,60-,61+,62+,63-,64-,65+,66+,69?,70?;;/m1../s1. The summed E-state index contributed by atoms with van der Waals surface area (Å²) in [6.45, 7) is 6.81. The van der Waals surface area contributed by atoms with Crippen LogP contribution in [0.2, 0.25) is 10.0 Å². The summed E-state index contributed by atoms with van der Waals surface area (Å²) in [4.78, 5) is 17.6. The van der Waals surface area contributed by atoms with E-state index in [1.165, 1.54) is 63.0 Å². The van der Waals surface area contributed by atoms with Gasteiger partial charge in [0.05, 0.1) is 53.5 Å². The zero-order valence-corrected chi connectivity index (χ0v) is 54.2. The van der Waals surface area contributed by atoms with Gasteiger partial charge < -0.3 is 88.6 Å². The third-order valence-electron chi connectivity index (χ3n) is 18.5. The largest absolute Gasteiger partial charge is 0.542 e. The highest BCUT2D eigenvalue weighted by Gasteiger charge is 2.46. The molecule has 0 amide bonds. The van der Waals surface area contributed by atoms with E-state index in [0.717, 1.165) is 78.8 Å². The molecule has 0 spiro atoms. The van der Waals surface area contributed by atoms with Gasteiger partial charge in [0.25, 0.3) is 0 Å². The highest BCUT2D eigenvalue weighted by atomic mass is 35.5. The summed E-state index contributed by atoms with van der Waals surface area (Å²) in [6, 6.07) is 44.1. The number of aliphatic hydroxyl groups is 8. The molecule has 10 rings (SSSR count). The molecule has 4 saturated heterocycles. The molecule has 0 saturated carbocycles. The normalized spacial score (nSPS) is 27.6. The van der Waals surface area contributed by atoms with Crippen LogP contribution in [0.1, 0.15) is 93.5 Å². The van der Waals surface area contributed by atoms with E-state index < -0.39 is 98.5 Å². The average Bonchev–Trinajstić information content (AvgIpc) is 0.808. The van der Waals surface area contributed by atoms with Crippen molar-refractivity contribution in [2.45, 2.75) is 138 Å². The van der Waals surface area contributed by atoms with Crippen LogP contribution in [-0.4, -0.2) is 176 Å². The van der Waals surface area contributed by atoms with Crippen molar-refractivity contribution in [1.82, 2.24) is 0 Å². The second-order valence-electron chi connectivity index (χ2n) is 25.7. The van der Waals surface area contributed by atoms with Gasteiger partial charge in [-0.05, 0) is 131 Å². The van der Waals surface area contributed by atoms with Crippen LogP contribution in [-0.2, 0) is 58.2 Å². The van der Waals surface area contributed by atoms with Crippen LogP contribution in [0, 0.1) is 11.8 Å². The third kappa shape index (κ3) is 20.3. The Balaban J connectivity index is 0.000000759. The summed E-state index contributed by atoms with van der Waals surface area (Å²) in [7, 11) is 4.85. The lowest BCUT2D eigenvalue weighted by Gasteiger charge is -2.46. The zero-order chi connectivity index (χ0) is 69.9. The van der Waals surface area contributed by atoms with E-state index >= 15 is 0 Å². The van der Waals surface area contributed by atoms with Gasteiger partial charge in [0.2, 0.25) is 0 Å². The first kappa shape index (κ1) is 75.3. The predicted octanol–water partition coefficient (Wildman–Crippen LogP) is 6.37. The number of carbonyl (C=O) groups is 2. The Bertz CT molecular complexity index is 3250. The molecule has 4 aliphatic rings. The van der Waals surface area contributed by atoms with Crippen LogP contribution in [0.4, 0.5) is 26.3 Å². The van der Waals surface area contributed by atoms with Crippen molar-refractivity contribution in [2.75, 3.05) is 53.5 Å². The van der Waals surface area contributed by atoms with Gasteiger partial charge in [0, 0.05) is 21.2 Å². The van der Waals surface area contributed by atoms with Crippen molar-refractivity contribution in [3.8, 4) is 11.5 Å². The van der Waals surface area contributed by atoms with Gasteiger partial charge in [-0.2, -0.15) is 26.3 Å². The Hall–Kier alpha value is -6.46. The Morgan fingerprint density at radius 3 is 1.05 bits per heavy atom. The number of rotatable bonds is 19. The fourth-order valence-electron chi connectivity index (χ4n) is 12.8. The summed E-state index contributed by atoms with van der Waals surface area (Å²) in [5, 5.41) is 100. The van der Waals surface area contributed by atoms with Gasteiger partial charge in [0.1, 0.15) is 111 Å². The summed E-state index contributed by atoms with van der Waals surface area (Å²) >= 11 is 13.2. The molecule has 522 valence electrons. The minimum Gasteiger partial charge on any atom is -0.542 e. The molecule has 0 aliphatic carbocycles. The van der Waals surface area contributed by atoms with Crippen LogP contribution < -0.4 is 19.7 Å². The molecular weight excluding hydrogens is 1310 g/mol. The second kappa shape index (κ2) is 32.9. The van der Waals surface area contributed by atoms with E-state index in [-0.39, 0.29) is 0 Å². The molecule has 26 heteroatoms. The van der Waals surface area contributed by atoms with Gasteiger partial charge in [0.15, 0.2) is 0 Å². The Kier molecular flexibility index (Phi) is 25.8. The Labute approximate surface area is 561 Å². The van der Waals surface area contributed by atoms with E-state index in [4.69, 9.17) is 62.0 Å². The van der Waals surface area contributed by atoms with Crippen LogP contribution in [0.5, 0.6) is 11.5 Å². The monoisotopic (exact) mass is 1390 g/mol. The van der Waals surface area contributed by atoms with E-state index in [0.29, 0.717) is 47.2 Å². The highest BCUT2D eigenvalue weighted by molar-refractivity contribution is 6.31. The summed E-state index contributed by atoms with van der Waals surface area (Å²) in [5.74, 6) is -2.90. The number of benzene rings is 6. The SMILES string of the molecule is C[N+]1(Cc2ccc(COc3ccc(Cc4cc([C@@H]5O[C@H](CO)[C@@H](O)[C@H](O)[C@H]5O)ccc4Cl)cc3)cc2)CCC(C2CC[N+](C)(Cc3ccc(COc4ccc(Cc5cc([C@@H]6O[C@H](CO)[C@@H](O)[C@H](O)[C@H]6O)ccc5Cl)cc4)cc3)CC2)CC1.O=C([O-])C(F)(F)F.O=C([O-])C(F)(F)F. The van der Waals surface area contributed by atoms with Gasteiger partial charge in [-0.25, -0.2) is 0 Å². The number of hydrogen-bond acceptors (Lipinski definition) is 16. The summed E-state index contributed by atoms with van der Waals surface area (Å²) in [5.41, 5.74) is 9.78.